The molecular formula is C18H20FN3O3. The average Bonchev–Trinajstić information content (AvgIpc) is 3.12. The Kier molecular flexibility index (Phi) is 5.00. The number of nitrogens with two attached hydrogens (primary N) is 1. The third-order valence-electron chi connectivity index (χ3n) is 5.13. The van der Waals surface area contributed by atoms with E-state index in [1.54, 1.807) is 11.0 Å². The first-order chi connectivity index (χ1) is 12.0. The minimum atomic E-state index is -0.631. The molecule has 0 radical (unpaired) electrons. The van der Waals surface area contributed by atoms with Crippen molar-refractivity contribution in [3.63, 3.8) is 0 Å². The molecule has 1 aromatic rings. The molecule has 1 aromatic carbocycles. The summed E-state index contributed by atoms with van der Waals surface area (Å²) in [6.07, 6.45) is 1.95. The van der Waals surface area contributed by atoms with E-state index >= 15 is 0 Å². The van der Waals surface area contributed by atoms with Crippen molar-refractivity contribution in [2.75, 3.05) is 19.7 Å². The number of benzene rings is 1. The normalized spacial score (nSPS) is 24.1. The zero-order valence-corrected chi connectivity index (χ0v) is 13.8. The minimum absolute atomic E-state index is 0.135. The molecular weight excluding hydrogens is 325 g/mol. The second kappa shape index (κ2) is 7.19. The molecule has 2 saturated heterocycles. The number of nitrogens with zero attached hydrogens (tertiary/aromatic N) is 2. The van der Waals surface area contributed by atoms with E-state index in [2.05, 4.69) is 0 Å². The highest BCUT2D eigenvalue weighted by atomic mass is 19.1. The molecule has 0 unspecified atom stereocenters. The molecule has 2 N–H and O–H groups in total. The summed E-state index contributed by atoms with van der Waals surface area (Å²) in [6.45, 7) is 1.62. The van der Waals surface area contributed by atoms with E-state index in [-0.39, 0.29) is 35.3 Å². The van der Waals surface area contributed by atoms with Gasteiger partial charge in [-0.3, -0.25) is 9.59 Å². The second-order valence-corrected chi connectivity index (χ2v) is 6.57. The van der Waals surface area contributed by atoms with Crippen LogP contribution in [0, 0.1) is 29.0 Å². The van der Waals surface area contributed by atoms with Gasteiger partial charge in [-0.1, -0.05) is 0 Å². The number of amides is 2. The number of carbonyl (C=O) groups excluding carboxylic acids is 2. The van der Waals surface area contributed by atoms with Gasteiger partial charge >= 0.3 is 0 Å². The lowest BCUT2D eigenvalue weighted by Gasteiger charge is -2.35. The summed E-state index contributed by atoms with van der Waals surface area (Å²) >= 11 is 0. The number of likely N-dealkylation sites (tertiary alicyclic amines) is 1. The summed E-state index contributed by atoms with van der Waals surface area (Å²) in [5, 5.41) is 8.89. The zero-order chi connectivity index (χ0) is 18.0. The maximum Gasteiger partial charge on any atom is 0.253 e. The fourth-order valence-corrected chi connectivity index (χ4v) is 3.74. The summed E-state index contributed by atoms with van der Waals surface area (Å²) in [4.78, 5) is 25.8. The topological polar surface area (TPSA) is 96.4 Å². The summed E-state index contributed by atoms with van der Waals surface area (Å²) in [6, 6.07) is 5.57. The number of nitriles is 1. The molecule has 2 fully saturated rings. The lowest BCUT2D eigenvalue weighted by atomic mass is 9.84. The number of halogens is 1. The van der Waals surface area contributed by atoms with Crippen LogP contribution in [0.1, 0.15) is 35.2 Å². The van der Waals surface area contributed by atoms with Gasteiger partial charge < -0.3 is 15.4 Å². The Labute approximate surface area is 145 Å². The van der Waals surface area contributed by atoms with E-state index in [9.17, 15) is 14.0 Å². The van der Waals surface area contributed by atoms with Crippen LogP contribution < -0.4 is 5.73 Å². The Morgan fingerprint density at radius 2 is 2.00 bits per heavy atom. The van der Waals surface area contributed by atoms with Crippen molar-refractivity contribution < 1.29 is 18.7 Å². The van der Waals surface area contributed by atoms with Gasteiger partial charge in [0.05, 0.1) is 17.6 Å². The van der Waals surface area contributed by atoms with Crippen LogP contribution in [0.2, 0.25) is 0 Å². The number of hydrogen-bond donors (Lipinski definition) is 1. The summed E-state index contributed by atoms with van der Waals surface area (Å²) in [5.74, 6) is -1.21. The second-order valence-electron chi connectivity index (χ2n) is 6.57. The number of rotatable bonds is 3. The van der Waals surface area contributed by atoms with Crippen LogP contribution in [0.15, 0.2) is 18.2 Å². The molecule has 7 heteroatoms. The van der Waals surface area contributed by atoms with Gasteiger partial charge in [0.15, 0.2) is 0 Å². The maximum atomic E-state index is 13.4. The molecule has 25 heavy (non-hydrogen) atoms. The molecule has 6 nitrogen and oxygen atoms in total. The molecule has 0 saturated carbocycles. The first-order valence-electron chi connectivity index (χ1n) is 8.41. The molecule has 2 amide bonds. The van der Waals surface area contributed by atoms with Gasteiger partial charge in [0.2, 0.25) is 5.91 Å². The van der Waals surface area contributed by atoms with Gasteiger partial charge in [-0.25, -0.2) is 4.39 Å². The molecule has 2 aliphatic rings. The Balaban J connectivity index is 1.63. The van der Waals surface area contributed by atoms with Crippen molar-refractivity contribution in [1.29, 1.82) is 5.26 Å². The predicted molar refractivity (Wildman–Crippen MR) is 86.8 cm³/mol. The maximum absolute atomic E-state index is 13.4. The number of hydrogen-bond acceptors (Lipinski definition) is 4. The monoisotopic (exact) mass is 345 g/mol. The summed E-state index contributed by atoms with van der Waals surface area (Å²) < 4.78 is 19.1. The Morgan fingerprint density at radius 3 is 2.64 bits per heavy atom. The molecule has 2 heterocycles. The highest BCUT2D eigenvalue weighted by molar-refractivity contribution is 5.94. The molecule has 132 valence electrons. The van der Waals surface area contributed by atoms with Gasteiger partial charge in [-0.15, -0.1) is 0 Å². The number of primary amides is 1. The van der Waals surface area contributed by atoms with Gasteiger partial charge in [0.1, 0.15) is 11.9 Å². The molecule has 0 spiro atoms. The molecule has 2 aliphatic heterocycles. The van der Waals surface area contributed by atoms with Crippen LogP contribution >= 0.6 is 0 Å². The quantitative estimate of drug-likeness (QED) is 0.896. The van der Waals surface area contributed by atoms with E-state index in [0.29, 0.717) is 31.7 Å². The van der Waals surface area contributed by atoms with Gasteiger partial charge in [0.25, 0.3) is 5.91 Å². The lowest BCUT2D eigenvalue weighted by Crippen LogP contribution is -2.44. The van der Waals surface area contributed by atoms with E-state index in [1.165, 1.54) is 12.1 Å². The smallest absolute Gasteiger partial charge is 0.253 e. The number of piperidine rings is 1. The summed E-state index contributed by atoms with van der Waals surface area (Å²) in [7, 11) is 0. The molecule has 2 atom stereocenters. The molecule has 0 aromatic heterocycles. The van der Waals surface area contributed by atoms with Crippen molar-refractivity contribution in [3.05, 3.63) is 35.1 Å². The van der Waals surface area contributed by atoms with Crippen molar-refractivity contribution in [2.24, 2.45) is 17.6 Å². The minimum Gasteiger partial charge on any atom is -0.377 e. The number of ether oxygens (including phenoxy) is 1. The first kappa shape index (κ1) is 17.4. The van der Waals surface area contributed by atoms with Crippen molar-refractivity contribution in [3.8, 4) is 6.07 Å². The van der Waals surface area contributed by atoms with E-state index in [1.807, 2.05) is 0 Å². The highest BCUT2D eigenvalue weighted by Crippen LogP contribution is 2.33. The van der Waals surface area contributed by atoms with Gasteiger partial charge in [0, 0.05) is 25.3 Å². The largest absolute Gasteiger partial charge is 0.377 e. The van der Waals surface area contributed by atoms with Crippen LogP contribution in [0.25, 0.3) is 0 Å². The number of carbonyl (C=O) groups is 2. The van der Waals surface area contributed by atoms with Crippen LogP contribution in [0.3, 0.4) is 0 Å². The molecule has 0 bridgehead atoms. The average molecular weight is 345 g/mol. The van der Waals surface area contributed by atoms with Gasteiger partial charge in [-0.2, -0.15) is 5.26 Å². The Hall–Kier alpha value is -2.46. The van der Waals surface area contributed by atoms with Crippen LogP contribution in [-0.4, -0.2) is 42.5 Å². The fourth-order valence-electron chi connectivity index (χ4n) is 3.74. The Morgan fingerprint density at radius 1 is 1.28 bits per heavy atom. The van der Waals surface area contributed by atoms with Crippen molar-refractivity contribution >= 4 is 11.8 Å². The zero-order valence-electron chi connectivity index (χ0n) is 13.8. The lowest BCUT2D eigenvalue weighted by molar-refractivity contribution is -0.124. The van der Waals surface area contributed by atoms with Crippen LogP contribution in [0.5, 0.6) is 0 Å². The van der Waals surface area contributed by atoms with Crippen LogP contribution in [0.4, 0.5) is 4.39 Å². The summed E-state index contributed by atoms with van der Waals surface area (Å²) in [5.41, 5.74) is 5.62. The SMILES string of the molecule is N#Cc1cc(C(=O)N2CCC([C@H]3OCC[C@@H]3C(N)=O)CC2)ccc1F. The predicted octanol–water partition coefficient (Wildman–Crippen LogP) is 1.44. The first-order valence-corrected chi connectivity index (χ1v) is 8.41. The molecule has 0 aliphatic carbocycles. The van der Waals surface area contributed by atoms with Crippen molar-refractivity contribution in [2.45, 2.75) is 25.4 Å². The van der Waals surface area contributed by atoms with E-state index < -0.39 is 5.82 Å². The molecule has 3 rings (SSSR count). The Bertz CT molecular complexity index is 723. The third-order valence-corrected chi connectivity index (χ3v) is 5.13. The third kappa shape index (κ3) is 3.49. The van der Waals surface area contributed by atoms with E-state index in [4.69, 9.17) is 15.7 Å². The van der Waals surface area contributed by atoms with Gasteiger partial charge in [-0.05, 0) is 43.4 Å². The van der Waals surface area contributed by atoms with Crippen molar-refractivity contribution in [1.82, 2.24) is 4.90 Å². The highest BCUT2D eigenvalue weighted by Gasteiger charge is 2.39. The van der Waals surface area contributed by atoms with Crippen LogP contribution in [-0.2, 0) is 9.53 Å². The fraction of sp³-hybridized carbons (Fsp3) is 0.500. The van der Waals surface area contributed by atoms with E-state index in [0.717, 1.165) is 18.9 Å². The standard InChI is InChI=1S/C18H20FN3O3/c19-15-2-1-12(9-13(15)10-20)18(24)22-6-3-11(4-7-22)16-14(17(21)23)5-8-25-16/h1-2,9,11,14,16H,3-8H2,(H2,21,23)/t14-,16+/m0/s1.